The molecular formula is C14H22N2. The molecule has 0 fully saturated rings. The Morgan fingerprint density at radius 3 is 2.56 bits per heavy atom. The van der Waals surface area contributed by atoms with Gasteiger partial charge in [-0.05, 0) is 37.3 Å². The lowest BCUT2D eigenvalue weighted by atomic mass is 10.1. The Hall–Kier alpha value is -1.31. The molecule has 1 aromatic rings. The van der Waals surface area contributed by atoms with Crippen LogP contribution in [-0.4, -0.2) is 4.98 Å². The molecule has 0 aliphatic carbocycles. The van der Waals surface area contributed by atoms with Crippen LogP contribution in [0.15, 0.2) is 31.0 Å². The minimum Gasteiger partial charge on any atom is -0.384 e. The van der Waals surface area contributed by atoms with Crippen molar-refractivity contribution in [1.29, 1.82) is 0 Å². The van der Waals surface area contributed by atoms with Crippen LogP contribution < -0.4 is 5.73 Å². The molecule has 0 aliphatic heterocycles. The van der Waals surface area contributed by atoms with E-state index in [4.69, 9.17) is 5.73 Å². The molecule has 1 aromatic heterocycles. The van der Waals surface area contributed by atoms with Crippen molar-refractivity contribution >= 4 is 5.82 Å². The van der Waals surface area contributed by atoms with Gasteiger partial charge in [-0.1, -0.05) is 31.4 Å². The summed E-state index contributed by atoms with van der Waals surface area (Å²) in [5, 5.41) is 0. The predicted molar refractivity (Wildman–Crippen MR) is 70.3 cm³/mol. The van der Waals surface area contributed by atoms with Gasteiger partial charge >= 0.3 is 0 Å². The van der Waals surface area contributed by atoms with E-state index >= 15 is 0 Å². The predicted octanol–water partition coefficient (Wildman–Crippen LogP) is 3.73. The van der Waals surface area contributed by atoms with Gasteiger partial charge in [-0.2, -0.15) is 0 Å². The van der Waals surface area contributed by atoms with Gasteiger partial charge in [0.1, 0.15) is 5.82 Å². The van der Waals surface area contributed by atoms with Gasteiger partial charge in [-0.3, -0.25) is 0 Å². The van der Waals surface area contributed by atoms with Crippen molar-refractivity contribution in [2.24, 2.45) is 0 Å². The fourth-order valence-corrected chi connectivity index (χ4v) is 1.73. The first-order valence-electron chi connectivity index (χ1n) is 6.14. The Morgan fingerprint density at radius 2 is 1.88 bits per heavy atom. The molecule has 0 radical (unpaired) electrons. The van der Waals surface area contributed by atoms with Crippen molar-refractivity contribution in [3.8, 4) is 0 Å². The van der Waals surface area contributed by atoms with Gasteiger partial charge in [0, 0.05) is 6.20 Å². The third-order valence-electron chi connectivity index (χ3n) is 2.72. The number of unbranched alkanes of at least 4 members (excludes halogenated alkanes) is 5. The van der Waals surface area contributed by atoms with Crippen molar-refractivity contribution in [3.63, 3.8) is 0 Å². The highest BCUT2D eigenvalue weighted by atomic mass is 14.8. The summed E-state index contributed by atoms with van der Waals surface area (Å²) in [6.45, 7) is 3.72. The number of hydrogen-bond donors (Lipinski definition) is 1. The quantitative estimate of drug-likeness (QED) is 0.533. The lowest BCUT2D eigenvalue weighted by molar-refractivity contribution is 0.617. The van der Waals surface area contributed by atoms with E-state index in [-0.39, 0.29) is 0 Å². The molecule has 0 amide bonds. The molecule has 1 heterocycles. The van der Waals surface area contributed by atoms with E-state index in [2.05, 4.69) is 17.6 Å². The number of pyridine rings is 1. The van der Waals surface area contributed by atoms with Crippen LogP contribution >= 0.6 is 0 Å². The highest BCUT2D eigenvalue weighted by molar-refractivity contribution is 5.29. The molecule has 88 valence electrons. The number of hydrogen-bond acceptors (Lipinski definition) is 2. The zero-order valence-electron chi connectivity index (χ0n) is 9.99. The SMILES string of the molecule is C=CCCCCCCCc1ccc(N)nc1. The number of aromatic nitrogens is 1. The molecule has 0 spiro atoms. The second-order valence-electron chi connectivity index (χ2n) is 4.19. The molecule has 0 unspecified atom stereocenters. The standard InChI is InChI=1S/C14H22N2/c1-2-3-4-5-6-7-8-9-13-10-11-14(15)16-12-13/h2,10-12H,1,3-9H2,(H2,15,16). The van der Waals surface area contributed by atoms with Crippen LogP contribution in [0.1, 0.15) is 44.1 Å². The zero-order chi connectivity index (χ0) is 11.6. The van der Waals surface area contributed by atoms with Crippen LogP contribution in [0.2, 0.25) is 0 Å². The first kappa shape index (κ1) is 12.8. The second kappa shape index (κ2) is 7.91. The normalized spacial score (nSPS) is 10.2. The van der Waals surface area contributed by atoms with E-state index in [0.717, 1.165) is 12.8 Å². The highest BCUT2D eigenvalue weighted by Crippen LogP contribution is 2.10. The third kappa shape index (κ3) is 5.54. The molecule has 0 aliphatic rings. The van der Waals surface area contributed by atoms with Crippen molar-refractivity contribution in [2.75, 3.05) is 5.73 Å². The van der Waals surface area contributed by atoms with Crippen LogP contribution in [0, 0.1) is 0 Å². The lowest BCUT2D eigenvalue weighted by Crippen LogP contribution is -1.92. The molecule has 2 heteroatoms. The van der Waals surface area contributed by atoms with Gasteiger partial charge in [-0.25, -0.2) is 4.98 Å². The Balaban J connectivity index is 2.02. The van der Waals surface area contributed by atoms with Gasteiger partial charge in [-0.15, -0.1) is 6.58 Å². The molecule has 1 rings (SSSR count). The smallest absolute Gasteiger partial charge is 0.123 e. The number of nitrogens with two attached hydrogens (primary N) is 1. The third-order valence-corrected chi connectivity index (χ3v) is 2.72. The van der Waals surface area contributed by atoms with Crippen molar-refractivity contribution < 1.29 is 0 Å². The van der Waals surface area contributed by atoms with Gasteiger partial charge in [0.2, 0.25) is 0 Å². The van der Waals surface area contributed by atoms with Gasteiger partial charge < -0.3 is 5.73 Å². The minimum atomic E-state index is 0.605. The summed E-state index contributed by atoms with van der Waals surface area (Å²) in [5.74, 6) is 0.605. The fourth-order valence-electron chi connectivity index (χ4n) is 1.73. The molecule has 0 saturated carbocycles. The summed E-state index contributed by atoms with van der Waals surface area (Å²) in [6.07, 6.45) is 12.7. The van der Waals surface area contributed by atoms with E-state index in [0.29, 0.717) is 5.82 Å². The molecule has 2 N–H and O–H groups in total. The highest BCUT2D eigenvalue weighted by Gasteiger charge is 1.94. The van der Waals surface area contributed by atoms with Crippen LogP contribution in [0.4, 0.5) is 5.82 Å². The van der Waals surface area contributed by atoms with Crippen molar-refractivity contribution in [3.05, 3.63) is 36.5 Å². The van der Waals surface area contributed by atoms with Crippen LogP contribution in [0.3, 0.4) is 0 Å². The summed E-state index contributed by atoms with van der Waals surface area (Å²) in [7, 11) is 0. The number of nitrogens with zero attached hydrogens (tertiary/aromatic N) is 1. The minimum absolute atomic E-state index is 0.605. The molecule has 0 atom stereocenters. The average molecular weight is 218 g/mol. The first-order chi connectivity index (χ1) is 7.83. The number of anilines is 1. The Kier molecular flexibility index (Phi) is 6.31. The summed E-state index contributed by atoms with van der Waals surface area (Å²) in [4.78, 5) is 4.09. The number of rotatable bonds is 8. The largest absolute Gasteiger partial charge is 0.384 e. The summed E-state index contributed by atoms with van der Waals surface area (Å²) < 4.78 is 0. The Bertz CT molecular complexity index is 290. The zero-order valence-corrected chi connectivity index (χ0v) is 9.99. The van der Waals surface area contributed by atoms with Crippen molar-refractivity contribution in [2.45, 2.75) is 44.9 Å². The van der Waals surface area contributed by atoms with Crippen molar-refractivity contribution in [1.82, 2.24) is 4.98 Å². The van der Waals surface area contributed by atoms with Crippen LogP contribution in [0.5, 0.6) is 0 Å². The van der Waals surface area contributed by atoms with Crippen LogP contribution in [-0.2, 0) is 6.42 Å². The second-order valence-corrected chi connectivity index (χ2v) is 4.19. The van der Waals surface area contributed by atoms with Gasteiger partial charge in [0.05, 0.1) is 0 Å². The van der Waals surface area contributed by atoms with E-state index in [9.17, 15) is 0 Å². The molecule has 0 bridgehead atoms. The lowest BCUT2D eigenvalue weighted by Gasteiger charge is -2.01. The topological polar surface area (TPSA) is 38.9 Å². The number of allylic oxidation sites excluding steroid dienone is 1. The molecule has 2 nitrogen and oxygen atoms in total. The summed E-state index contributed by atoms with van der Waals surface area (Å²) >= 11 is 0. The van der Waals surface area contributed by atoms with Gasteiger partial charge in [0.15, 0.2) is 0 Å². The van der Waals surface area contributed by atoms with E-state index in [1.54, 1.807) is 0 Å². The van der Waals surface area contributed by atoms with Gasteiger partial charge in [0.25, 0.3) is 0 Å². The summed E-state index contributed by atoms with van der Waals surface area (Å²) in [5.41, 5.74) is 6.82. The maximum absolute atomic E-state index is 5.53. The number of aryl methyl sites for hydroxylation is 1. The molecular weight excluding hydrogens is 196 g/mol. The van der Waals surface area contributed by atoms with E-state index in [1.807, 2.05) is 18.3 Å². The number of nitrogen functional groups attached to an aromatic ring is 1. The van der Waals surface area contributed by atoms with E-state index < -0.39 is 0 Å². The molecule has 16 heavy (non-hydrogen) atoms. The Morgan fingerprint density at radius 1 is 1.12 bits per heavy atom. The van der Waals surface area contributed by atoms with Crippen LogP contribution in [0.25, 0.3) is 0 Å². The monoisotopic (exact) mass is 218 g/mol. The Labute approximate surface area is 98.6 Å². The van der Waals surface area contributed by atoms with E-state index in [1.165, 1.54) is 37.7 Å². The molecule has 0 saturated heterocycles. The maximum Gasteiger partial charge on any atom is 0.123 e. The fraction of sp³-hybridized carbons (Fsp3) is 0.500. The average Bonchev–Trinajstić information content (AvgIpc) is 2.30. The maximum atomic E-state index is 5.53. The first-order valence-corrected chi connectivity index (χ1v) is 6.14. The summed E-state index contributed by atoms with van der Waals surface area (Å²) in [6, 6.07) is 3.94. The molecule has 0 aromatic carbocycles.